The van der Waals surface area contributed by atoms with Crippen LogP contribution in [0.25, 0.3) is 0 Å². The van der Waals surface area contributed by atoms with Gasteiger partial charge in [0.15, 0.2) is 6.29 Å². The molecule has 0 aliphatic rings. The number of hydrogen-bond donors (Lipinski definition) is 0. The van der Waals surface area contributed by atoms with Crippen molar-refractivity contribution in [2.45, 2.75) is 20.3 Å². The number of ether oxygens (including phenoxy) is 1. The van der Waals surface area contributed by atoms with Gasteiger partial charge in [-0.05, 0) is 19.4 Å². The molecule has 0 amide bonds. The maximum absolute atomic E-state index is 13.3. The molecule has 1 aromatic rings. The Bertz CT molecular complexity index is 359. The molecule has 3 heteroatoms. The van der Waals surface area contributed by atoms with Crippen LogP contribution in [0.3, 0.4) is 0 Å². The van der Waals surface area contributed by atoms with Gasteiger partial charge in [0.25, 0.3) is 0 Å². The van der Waals surface area contributed by atoms with Crippen LogP contribution in [0.1, 0.15) is 28.4 Å². The molecule has 0 radical (unpaired) electrons. The lowest BCUT2D eigenvalue weighted by Crippen LogP contribution is -2.01. The van der Waals surface area contributed by atoms with Crippen molar-refractivity contribution in [1.82, 2.24) is 0 Å². The highest BCUT2D eigenvalue weighted by Gasteiger charge is 2.14. The van der Waals surface area contributed by atoms with E-state index in [1.807, 2.05) is 6.92 Å². The summed E-state index contributed by atoms with van der Waals surface area (Å²) in [6.07, 6.45) is 1.31. The van der Waals surface area contributed by atoms with Crippen LogP contribution >= 0.6 is 0 Å². The van der Waals surface area contributed by atoms with Crippen molar-refractivity contribution >= 4 is 6.29 Å². The Morgan fingerprint density at radius 3 is 2.64 bits per heavy atom. The van der Waals surface area contributed by atoms with Gasteiger partial charge in [-0.15, -0.1) is 0 Å². The first-order valence-corrected chi connectivity index (χ1v) is 4.46. The van der Waals surface area contributed by atoms with Gasteiger partial charge in [-0.25, -0.2) is 4.39 Å². The first-order chi connectivity index (χ1) is 6.65. The second-order valence-electron chi connectivity index (χ2n) is 3.06. The molecule has 76 valence electrons. The van der Waals surface area contributed by atoms with Crippen LogP contribution in [0, 0.1) is 12.7 Å². The lowest BCUT2D eigenvalue weighted by molar-refractivity contribution is 0.112. The fraction of sp³-hybridized carbons (Fsp3) is 0.364. The van der Waals surface area contributed by atoms with Crippen LogP contribution in [0.4, 0.5) is 4.39 Å². The Morgan fingerprint density at radius 2 is 2.21 bits per heavy atom. The van der Waals surface area contributed by atoms with Crippen LogP contribution in [-0.4, -0.2) is 13.4 Å². The molecule has 0 saturated carbocycles. The van der Waals surface area contributed by atoms with Gasteiger partial charge in [-0.1, -0.05) is 6.92 Å². The third-order valence-corrected chi connectivity index (χ3v) is 2.29. The molecule has 0 aromatic heterocycles. The van der Waals surface area contributed by atoms with E-state index >= 15 is 0 Å². The quantitative estimate of drug-likeness (QED) is 0.694. The minimum absolute atomic E-state index is 0.368. The Morgan fingerprint density at radius 1 is 1.57 bits per heavy atom. The lowest BCUT2D eigenvalue weighted by Gasteiger charge is -2.12. The Hall–Kier alpha value is -1.38. The van der Waals surface area contributed by atoms with Gasteiger partial charge < -0.3 is 4.74 Å². The molecule has 0 saturated heterocycles. The van der Waals surface area contributed by atoms with E-state index in [1.165, 1.54) is 13.2 Å². The van der Waals surface area contributed by atoms with Gasteiger partial charge in [0.2, 0.25) is 0 Å². The maximum atomic E-state index is 13.3. The van der Waals surface area contributed by atoms with Crippen molar-refractivity contribution in [1.29, 1.82) is 0 Å². The van der Waals surface area contributed by atoms with Crippen molar-refractivity contribution in [2.24, 2.45) is 0 Å². The first-order valence-electron chi connectivity index (χ1n) is 4.46. The van der Waals surface area contributed by atoms with E-state index in [-0.39, 0.29) is 0 Å². The first kappa shape index (κ1) is 10.7. The van der Waals surface area contributed by atoms with Gasteiger partial charge in [0.05, 0.1) is 7.11 Å². The third kappa shape index (κ3) is 1.62. The van der Waals surface area contributed by atoms with Crippen molar-refractivity contribution in [3.05, 3.63) is 28.6 Å². The van der Waals surface area contributed by atoms with Gasteiger partial charge >= 0.3 is 0 Å². The molecular formula is C11H13FO2. The summed E-state index contributed by atoms with van der Waals surface area (Å²) in [7, 11) is 1.48. The highest BCUT2D eigenvalue weighted by atomic mass is 19.1. The van der Waals surface area contributed by atoms with E-state index < -0.39 is 5.82 Å². The highest BCUT2D eigenvalue weighted by molar-refractivity contribution is 5.79. The topological polar surface area (TPSA) is 26.3 Å². The van der Waals surface area contributed by atoms with Crippen LogP contribution in [0.15, 0.2) is 6.07 Å². The minimum atomic E-state index is -0.402. The second kappa shape index (κ2) is 4.22. The summed E-state index contributed by atoms with van der Waals surface area (Å²) in [5, 5.41) is 0. The molecule has 0 unspecified atom stereocenters. The molecule has 1 aromatic carbocycles. The number of hydrogen-bond acceptors (Lipinski definition) is 2. The fourth-order valence-corrected chi connectivity index (χ4v) is 1.54. The molecular weight excluding hydrogens is 183 g/mol. The summed E-state index contributed by atoms with van der Waals surface area (Å²) >= 11 is 0. The van der Waals surface area contributed by atoms with E-state index in [4.69, 9.17) is 4.74 Å². The number of benzene rings is 1. The van der Waals surface area contributed by atoms with Crippen LogP contribution in [-0.2, 0) is 6.42 Å². The standard InChI is InChI=1S/C11H13FO2/c1-4-9-8(6-13)5-10(12)7(2)11(9)14-3/h5-6H,4H2,1-3H3. The van der Waals surface area contributed by atoms with E-state index in [0.29, 0.717) is 29.6 Å². The fourth-order valence-electron chi connectivity index (χ4n) is 1.54. The van der Waals surface area contributed by atoms with Crippen LogP contribution < -0.4 is 4.74 Å². The second-order valence-corrected chi connectivity index (χ2v) is 3.06. The lowest BCUT2D eigenvalue weighted by atomic mass is 10.0. The Kier molecular flexibility index (Phi) is 3.23. The van der Waals surface area contributed by atoms with Gasteiger partial charge in [0.1, 0.15) is 11.6 Å². The van der Waals surface area contributed by atoms with Crippen LogP contribution in [0.2, 0.25) is 0 Å². The monoisotopic (exact) mass is 196 g/mol. The summed E-state index contributed by atoms with van der Waals surface area (Å²) in [5.41, 5.74) is 1.59. The summed E-state index contributed by atoms with van der Waals surface area (Å²) in [5.74, 6) is 0.0794. The number of carbonyl (C=O) groups excluding carboxylic acids is 1. The summed E-state index contributed by atoms with van der Waals surface area (Å²) in [4.78, 5) is 10.7. The molecule has 14 heavy (non-hydrogen) atoms. The summed E-state index contributed by atoms with van der Waals surface area (Å²) in [6, 6.07) is 1.25. The van der Waals surface area contributed by atoms with Gasteiger partial charge in [0, 0.05) is 16.7 Å². The van der Waals surface area contributed by atoms with Gasteiger partial charge in [-0.3, -0.25) is 4.79 Å². The van der Waals surface area contributed by atoms with E-state index in [1.54, 1.807) is 6.92 Å². The third-order valence-electron chi connectivity index (χ3n) is 2.29. The molecule has 0 spiro atoms. The highest BCUT2D eigenvalue weighted by Crippen LogP contribution is 2.28. The van der Waals surface area contributed by atoms with Gasteiger partial charge in [-0.2, -0.15) is 0 Å². The molecule has 0 bridgehead atoms. The number of halogens is 1. The molecule has 2 nitrogen and oxygen atoms in total. The zero-order valence-electron chi connectivity index (χ0n) is 8.56. The average Bonchev–Trinajstić information content (AvgIpc) is 2.20. The predicted molar refractivity (Wildman–Crippen MR) is 52.5 cm³/mol. The Labute approximate surface area is 82.7 Å². The maximum Gasteiger partial charge on any atom is 0.150 e. The van der Waals surface area contributed by atoms with Crippen molar-refractivity contribution in [3.8, 4) is 5.75 Å². The van der Waals surface area contributed by atoms with Crippen molar-refractivity contribution in [3.63, 3.8) is 0 Å². The number of rotatable bonds is 3. The SMILES string of the molecule is CCc1c(C=O)cc(F)c(C)c1OC. The van der Waals surface area contributed by atoms with Crippen LogP contribution in [0.5, 0.6) is 5.75 Å². The molecule has 1 rings (SSSR count). The molecule has 0 aliphatic heterocycles. The van der Waals surface area contributed by atoms with Crippen molar-refractivity contribution in [2.75, 3.05) is 7.11 Å². The zero-order valence-corrected chi connectivity index (χ0v) is 8.56. The number of carbonyl (C=O) groups is 1. The number of methoxy groups -OCH3 is 1. The molecule has 0 fully saturated rings. The predicted octanol–water partition coefficient (Wildman–Crippen LogP) is 2.52. The van der Waals surface area contributed by atoms with E-state index in [0.717, 1.165) is 5.56 Å². The zero-order chi connectivity index (χ0) is 10.7. The molecule has 0 atom stereocenters. The normalized spacial score (nSPS) is 10.0. The van der Waals surface area contributed by atoms with E-state index in [9.17, 15) is 9.18 Å². The average molecular weight is 196 g/mol. The summed E-state index contributed by atoms with van der Waals surface area (Å²) in [6.45, 7) is 3.55. The smallest absolute Gasteiger partial charge is 0.150 e. The minimum Gasteiger partial charge on any atom is -0.496 e. The summed E-state index contributed by atoms with van der Waals surface area (Å²) < 4.78 is 18.4. The molecule has 0 N–H and O–H groups in total. The molecule has 0 aliphatic carbocycles. The van der Waals surface area contributed by atoms with E-state index in [2.05, 4.69) is 0 Å². The van der Waals surface area contributed by atoms with Crippen molar-refractivity contribution < 1.29 is 13.9 Å². The number of aldehydes is 1. The Balaban J connectivity index is 3.49. The molecule has 0 heterocycles. The largest absolute Gasteiger partial charge is 0.496 e.